The number of hydrogen-bond acceptors (Lipinski definition) is 7. The first-order chi connectivity index (χ1) is 29.7. The van der Waals surface area contributed by atoms with Gasteiger partial charge in [-0.25, -0.2) is 5.75 Å². The SMILES string of the molecule is CC1(C)C(=CC=CC=CC=CC2=[N+](CCCCCC(=O)NCCN3C(=O)C=CC3=O)c3ccc4ccccc4c3C2(C)C)N(CCC[CH-]S(=O)(=O)[O-])c2ccc3ccccc3c21. The minimum Gasteiger partial charge on any atom is -0.774 e. The van der Waals surface area contributed by atoms with E-state index in [1.54, 1.807) is 0 Å². The van der Waals surface area contributed by atoms with E-state index in [-0.39, 0.29) is 48.1 Å². The Morgan fingerprint density at radius 3 is 2.10 bits per heavy atom. The van der Waals surface area contributed by atoms with Crippen molar-refractivity contribution < 1.29 is 31.9 Å². The summed E-state index contributed by atoms with van der Waals surface area (Å²) in [5.74, 6) is 0.0790. The fourth-order valence-corrected chi connectivity index (χ4v) is 9.75. The quantitative estimate of drug-likeness (QED) is 0.0265. The number of hydrogen-bond donors (Lipinski definition) is 1. The van der Waals surface area contributed by atoms with Crippen LogP contribution in [0.1, 0.15) is 77.3 Å². The second kappa shape index (κ2) is 18.6. The van der Waals surface area contributed by atoms with Crippen LogP contribution in [0.25, 0.3) is 21.5 Å². The van der Waals surface area contributed by atoms with Gasteiger partial charge in [-0.1, -0.05) is 105 Å². The molecule has 1 N–H and O–H groups in total. The molecule has 62 heavy (non-hydrogen) atoms. The summed E-state index contributed by atoms with van der Waals surface area (Å²) < 4.78 is 36.2. The zero-order chi connectivity index (χ0) is 44.1. The van der Waals surface area contributed by atoms with Crippen LogP contribution in [0.4, 0.5) is 11.4 Å². The van der Waals surface area contributed by atoms with Gasteiger partial charge in [-0.15, -0.1) is 0 Å². The molecule has 3 aliphatic rings. The summed E-state index contributed by atoms with van der Waals surface area (Å²) in [6.07, 6.45) is 20.6. The molecule has 0 saturated carbocycles. The Hall–Kier alpha value is -5.91. The Kier molecular flexibility index (Phi) is 13.2. The molecule has 0 unspecified atom stereocenters. The first-order valence-electron chi connectivity index (χ1n) is 21.5. The van der Waals surface area contributed by atoms with Crippen molar-refractivity contribution in [3.63, 3.8) is 0 Å². The van der Waals surface area contributed by atoms with E-state index < -0.39 is 10.1 Å². The van der Waals surface area contributed by atoms with Gasteiger partial charge in [0.1, 0.15) is 6.54 Å². The lowest BCUT2D eigenvalue weighted by Crippen LogP contribution is -2.38. The molecule has 4 aromatic carbocycles. The summed E-state index contributed by atoms with van der Waals surface area (Å²) in [5.41, 5.74) is 6.55. The maximum Gasteiger partial charge on any atom is 0.253 e. The molecular formula is C51H55N4O6S-. The minimum atomic E-state index is -4.39. The highest BCUT2D eigenvalue weighted by atomic mass is 32.2. The van der Waals surface area contributed by atoms with Crippen molar-refractivity contribution >= 4 is 66.5 Å². The topological polar surface area (TPSA) is 130 Å². The third-order valence-corrected chi connectivity index (χ3v) is 12.9. The molecule has 0 atom stereocenters. The lowest BCUT2D eigenvalue weighted by atomic mass is 9.79. The Morgan fingerprint density at radius 2 is 1.39 bits per heavy atom. The summed E-state index contributed by atoms with van der Waals surface area (Å²) >= 11 is 0. The zero-order valence-electron chi connectivity index (χ0n) is 36.0. The summed E-state index contributed by atoms with van der Waals surface area (Å²) in [4.78, 5) is 39.5. The fourth-order valence-electron chi connectivity index (χ4n) is 9.29. The molecule has 0 radical (unpaired) electrons. The van der Waals surface area contributed by atoms with Gasteiger partial charge in [0.15, 0.2) is 5.71 Å². The van der Waals surface area contributed by atoms with Crippen LogP contribution >= 0.6 is 0 Å². The smallest absolute Gasteiger partial charge is 0.253 e. The number of anilines is 1. The third-order valence-electron chi connectivity index (χ3n) is 12.2. The number of unbranched alkanes of at least 4 members (excludes halogenated alkanes) is 3. The van der Waals surface area contributed by atoms with E-state index >= 15 is 0 Å². The third kappa shape index (κ3) is 9.44. The number of fused-ring (bicyclic) bond motifs is 6. The predicted octanol–water partition coefficient (Wildman–Crippen LogP) is 8.81. The average molecular weight is 852 g/mol. The van der Waals surface area contributed by atoms with Crippen molar-refractivity contribution in [1.29, 1.82) is 0 Å². The molecule has 7 rings (SSSR count). The zero-order valence-corrected chi connectivity index (χ0v) is 36.8. The summed E-state index contributed by atoms with van der Waals surface area (Å²) in [5, 5.41) is 7.64. The van der Waals surface area contributed by atoms with Gasteiger partial charge in [-0.05, 0) is 82.1 Å². The van der Waals surface area contributed by atoms with Crippen LogP contribution in [-0.4, -0.2) is 72.1 Å². The molecule has 0 saturated heterocycles. The standard InChI is InChI=1S/C51H56N4O6S/c1-50(2)43(53(41-28-26-37-19-12-14-21-39(37)48(41)50)33-16-8-11-25-45(56)52-32-35-55-46(57)30-31-47(55)58)23-9-6-5-7-10-24-44-51(3,4)49-40-22-15-13-20-38(40)27-29-42(49)54(44)34-17-18-36-62(59,60)61/h5-7,9-10,12-15,19-24,26-31,36H,8,11,16-18,25,32-35H2,1-4H3,(H,52,56)(H,59,60,61)/p-1. The molecule has 3 amide bonds. The molecular weight excluding hydrogens is 797 g/mol. The Morgan fingerprint density at radius 1 is 0.742 bits per heavy atom. The van der Waals surface area contributed by atoms with Gasteiger partial charge in [0.25, 0.3) is 11.8 Å². The lowest BCUT2D eigenvalue weighted by Gasteiger charge is -2.28. The van der Waals surface area contributed by atoms with Gasteiger partial charge in [-0.3, -0.25) is 27.7 Å². The van der Waals surface area contributed by atoms with E-state index in [1.807, 2.05) is 30.4 Å². The molecule has 3 aliphatic heterocycles. The van der Waals surface area contributed by atoms with Crippen molar-refractivity contribution in [2.24, 2.45) is 0 Å². The number of carbonyl (C=O) groups excluding carboxylic acids is 3. The van der Waals surface area contributed by atoms with Crippen LogP contribution in [0.2, 0.25) is 0 Å². The van der Waals surface area contributed by atoms with Gasteiger partial charge >= 0.3 is 0 Å². The number of rotatable bonds is 18. The summed E-state index contributed by atoms with van der Waals surface area (Å²) in [7, 11) is -4.39. The second-order valence-electron chi connectivity index (χ2n) is 17.1. The number of carbonyl (C=O) groups is 3. The molecule has 4 aromatic rings. The average Bonchev–Trinajstić information content (AvgIpc) is 3.76. The van der Waals surface area contributed by atoms with E-state index in [0.29, 0.717) is 19.4 Å². The largest absolute Gasteiger partial charge is 0.774 e. The molecule has 10 nitrogen and oxygen atoms in total. The summed E-state index contributed by atoms with van der Waals surface area (Å²) in [6, 6.07) is 25.6. The van der Waals surface area contributed by atoms with E-state index in [2.05, 4.69) is 127 Å². The molecule has 0 fully saturated rings. The van der Waals surface area contributed by atoms with E-state index in [9.17, 15) is 27.4 Å². The van der Waals surface area contributed by atoms with Crippen LogP contribution < -0.4 is 10.2 Å². The van der Waals surface area contributed by atoms with Crippen molar-refractivity contribution in [3.8, 4) is 0 Å². The van der Waals surface area contributed by atoms with Crippen LogP contribution in [0.15, 0.2) is 133 Å². The molecule has 322 valence electrons. The van der Waals surface area contributed by atoms with Crippen molar-refractivity contribution in [2.75, 3.05) is 31.1 Å². The number of amides is 3. The monoisotopic (exact) mass is 851 g/mol. The molecule has 11 heteroatoms. The first-order valence-corrected chi connectivity index (χ1v) is 22.9. The first kappa shape index (κ1) is 44.2. The van der Waals surface area contributed by atoms with Gasteiger partial charge in [-0.2, -0.15) is 11.0 Å². The van der Waals surface area contributed by atoms with Gasteiger partial charge in [0.05, 0.1) is 5.41 Å². The molecule has 0 aliphatic carbocycles. The van der Waals surface area contributed by atoms with Gasteiger partial charge in [0, 0.05) is 79.1 Å². The number of nitrogens with zero attached hydrogens (tertiary/aromatic N) is 3. The fraction of sp³-hybridized carbons (Fsp3) is 0.314. The maximum absolute atomic E-state index is 12.5. The highest BCUT2D eigenvalue weighted by Crippen LogP contribution is 2.51. The van der Waals surface area contributed by atoms with Crippen molar-refractivity contribution in [3.05, 3.63) is 150 Å². The Balaban J connectivity index is 1.04. The molecule has 0 aromatic heterocycles. The van der Waals surface area contributed by atoms with Crippen LogP contribution in [0.3, 0.4) is 0 Å². The van der Waals surface area contributed by atoms with Gasteiger partial charge in [0.2, 0.25) is 11.6 Å². The Labute approximate surface area is 365 Å². The number of benzene rings is 4. The van der Waals surface area contributed by atoms with Crippen LogP contribution in [0.5, 0.6) is 0 Å². The number of allylic oxidation sites excluding steroid dienone is 8. The van der Waals surface area contributed by atoms with E-state index in [4.69, 9.17) is 0 Å². The lowest BCUT2D eigenvalue weighted by molar-refractivity contribution is -0.438. The molecule has 0 bridgehead atoms. The molecule has 0 spiro atoms. The normalized spacial score (nSPS) is 17.7. The Bertz CT molecular complexity index is 2680. The van der Waals surface area contributed by atoms with E-state index in [1.165, 1.54) is 56.2 Å². The van der Waals surface area contributed by atoms with Crippen molar-refractivity contribution in [2.45, 2.75) is 77.0 Å². The van der Waals surface area contributed by atoms with E-state index in [0.717, 1.165) is 47.8 Å². The van der Waals surface area contributed by atoms with Gasteiger partial charge < -0.3 is 14.8 Å². The number of nitrogens with one attached hydrogen (secondary N) is 1. The minimum absolute atomic E-state index is 0.0862. The van der Waals surface area contributed by atoms with Crippen molar-refractivity contribution in [1.82, 2.24) is 10.2 Å². The highest BCUT2D eigenvalue weighted by Gasteiger charge is 2.45. The maximum atomic E-state index is 12.5. The number of imide groups is 1. The van der Waals surface area contributed by atoms with Crippen LogP contribution in [0, 0.1) is 5.75 Å². The van der Waals surface area contributed by atoms with Crippen LogP contribution in [-0.2, 0) is 35.3 Å². The highest BCUT2D eigenvalue weighted by molar-refractivity contribution is 7.87. The predicted molar refractivity (Wildman–Crippen MR) is 247 cm³/mol. The second-order valence-corrected chi connectivity index (χ2v) is 18.4. The summed E-state index contributed by atoms with van der Waals surface area (Å²) in [6.45, 7) is 10.8. The molecule has 3 heterocycles.